The van der Waals surface area contributed by atoms with Gasteiger partial charge in [-0.05, 0) is 43.7 Å². The maximum Gasteiger partial charge on any atom is 0.321 e. The lowest BCUT2D eigenvalue weighted by molar-refractivity contribution is -0.118. The molecule has 3 N–H and O–H groups in total. The largest absolute Gasteiger partial charge is 0.336 e. The Morgan fingerprint density at radius 3 is 2.62 bits per heavy atom. The first-order valence-electron chi connectivity index (χ1n) is 7.44. The number of hydrogen-bond donors (Lipinski definition) is 3. The van der Waals surface area contributed by atoms with Crippen molar-refractivity contribution >= 4 is 23.3 Å². The molecule has 1 aromatic rings. The normalized spacial score (nSPS) is 22.0. The third kappa shape index (κ3) is 3.16. The van der Waals surface area contributed by atoms with Gasteiger partial charge in [0.05, 0.1) is 6.04 Å². The number of amides is 3. The van der Waals surface area contributed by atoms with Crippen LogP contribution in [0.5, 0.6) is 0 Å². The van der Waals surface area contributed by atoms with Crippen molar-refractivity contribution in [1.82, 2.24) is 10.6 Å². The predicted molar refractivity (Wildman–Crippen MR) is 81.5 cm³/mol. The number of hydrogen-bond acceptors (Lipinski definition) is 3. The van der Waals surface area contributed by atoms with Gasteiger partial charge in [-0.2, -0.15) is 0 Å². The van der Waals surface area contributed by atoms with Crippen LogP contribution in [0, 0.1) is 0 Å². The highest BCUT2D eigenvalue weighted by molar-refractivity contribution is 5.96. The second-order valence-electron chi connectivity index (χ2n) is 5.42. The average molecular weight is 288 g/mol. The van der Waals surface area contributed by atoms with Crippen molar-refractivity contribution in [2.45, 2.75) is 25.3 Å². The molecule has 0 bridgehead atoms. The van der Waals surface area contributed by atoms with Crippen LogP contribution in [0.15, 0.2) is 24.3 Å². The van der Waals surface area contributed by atoms with Gasteiger partial charge in [-0.3, -0.25) is 9.69 Å². The summed E-state index contributed by atoms with van der Waals surface area (Å²) in [5, 5.41) is 8.91. The molecule has 0 aromatic heterocycles. The molecule has 3 rings (SSSR count). The average Bonchev–Trinajstić information content (AvgIpc) is 2.95. The molecule has 2 fully saturated rings. The zero-order valence-corrected chi connectivity index (χ0v) is 11.9. The summed E-state index contributed by atoms with van der Waals surface area (Å²) in [6.45, 7) is 2.25. The monoisotopic (exact) mass is 288 g/mol. The molecule has 1 atom stereocenters. The minimum Gasteiger partial charge on any atom is -0.336 e. The van der Waals surface area contributed by atoms with Crippen molar-refractivity contribution in [1.29, 1.82) is 0 Å². The molecule has 2 heterocycles. The number of benzene rings is 1. The van der Waals surface area contributed by atoms with Crippen molar-refractivity contribution in [2.75, 3.05) is 29.9 Å². The van der Waals surface area contributed by atoms with Crippen LogP contribution in [0.3, 0.4) is 0 Å². The summed E-state index contributed by atoms with van der Waals surface area (Å²) < 4.78 is 0. The molecule has 1 aromatic carbocycles. The van der Waals surface area contributed by atoms with Crippen LogP contribution in [0.1, 0.15) is 19.3 Å². The summed E-state index contributed by atoms with van der Waals surface area (Å²) in [6, 6.07) is 7.22. The van der Waals surface area contributed by atoms with Gasteiger partial charge < -0.3 is 16.0 Å². The maximum absolute atomic E-state index is 12.1. The van der Waals surface area contributed by atoms with Gasteiger partial charge in [-0.1, -0.05) is 6.42 Å². The van der Waals surface area contributed by atoms with E-state index in [1.54, 1.807) is 4.90 Å². The zero-order chi connectivity index (χ0) is 14.7. The van der Waals surface area contributed by atoms with Crippen LogP contribution in [-0.4, -0.2) is 37.6 Å². The molecule has 112 valence electrons. The van der Waals surface area contributed by atoms with Gasteiger partial charge in [-0.25, -0.2) is 4.79 Å². The van der Waals surface area contributed by atoms with E-state index in [1.807, 2.05) is 24.3 Å². The molecule has 6 heteroatoms. The minimum atomic E-state index is -0.0946. The number of nitrogens with zero attached hydrogens (tertiary/aromatic N) is 1. The molecule has 2 saturated heterocycles. The number of carbonyl (C=O) groups excluding carboxylic acids is 2. The SMILES string of the molecule is O=C(Nc1ccc(N2CCNC2=O)cc1)C1CCCCN1. The molecule has 0 aliphatic carbocycles. The Hall–Kier alpha value is -2.08. The van der Waals surface area contributed by atoms with Crippen molar-refractivity contribution in [3.63, 3.8) is 0 Å². The van der Waals surface area contributed by atoms with Gasteiger partial charge in [-0.15, -0.1) is 0 Å². The predicted octanol–water partition coefficient (Wildman–Crippen LogP) is 1.30. The highest BCUT2D eigenvalue weighted by Crippen LogP contribution is 2.20. The van der Waals surface area contributed by atoms with Gasteiger partial charge in [0.15, 0.2) is 0 Å². The van der Waals surface area contributed by atoms with Crippen molar-refractivity contribution in [3.8, 4) is 0 Å². The Bertz CT molecular complexity index is 523. The van der Waals surface area contributed by atoms with Gasteiger partial charge in [0.1, 0.15) is 0 Å². The van der Waals surface area contributed by atoms with E-state index in [1.165, 1.54) is 0 Å². The number of rotatable bonds is 3. The first kappa shape index (κ1) is 13.9. The van der Waals surface area contributed by atoms with Crippen LogP contribution >= 0.6 is 0 Å². The van der Waals surface area contributed by atoms with Crippen LogP contribution < -0.4 is 20.9 Å². The maximum atomic E-state index is 12.1. The lowest BCUT2D eigenvalue weighted by atomic mass is 10.0. The first-order chi connectivity index (χ1) is 10.2. The topological polar surface area (TPSA) is 73.5 Å². The number of piperidine rings is 1. The molecule has 2 aliphatic heterocycles. The molecular weight excluding hydrogens is 268 g/mol. The Balaban J connectivity index is 1.61. The number of anilines is 2. The molecule has 21 heavy (non-hydrogen) atoms. The molecule has 0 radical (unpaired) electrons. The van der Waals surface area contributed by atoms with Gasteiger partial charge in [0.2, 0.25) is 5.91 Å². The number of urea groups is 1. The van der Waals surface area contributed by atoms with Crippen LogP contribution in [0.2, 0.25) is 0 Å². The van der Waals surface area contributed by atoms with E-state index in [-0.39, 0.29) is 18.0 Å². The summed E-state index contributed by atoms with van der Waals surface area (Å²) in [4.78, 5) is 25.4. The molecule has 0 saturated carbocycles. The Kier molecular flexibility index (Phi) is 4.06. The lowest BCUT2D eigenvalue weighted by Gasteiger charge is -2.22. The molecular formula is C15H20N4O2. The summed E-state index contributed by atoms with van der Waals surface area (Å²) in [7, 11) is 0. The Labute approximate surface area is 123 Å². The quantitative estimate of drug-likeness (QED) is 0.785. The third-order valence-corrected chi connectivity index (χ3v) is 3.93. The fraction of sp³-hybridized carbons (Fsp3) is 0.467. The second kappa shape index (κ2) is 6.13. The third-order valence-electron chi connectivity index (χ3n) is 3.93. The van der Waals surface area contributed by atoms with Crippen molar-refractivity contribution < 1.29 is 9.59 Å². The number of nitrogens with one attached hydrogen (secondary N) is 3. The second-order valence-corrected chi connectivity index (χ2v) is 5.42. The van der Waals surface area contributed by atoms with Gasteiger partial charge in [0, 0.05) is 24.5 Å². The van der Waals surface area contributed by atoms with Crippen LogP contribution in [0.25, 0.3) is 0 Å². The molecule has 3 amide bonds. The van der Waals surface area contributed by atoms with E-state index in [0.717, 1.165) is 37.2 Å². The Morgan fingerprint density at radius 2 is 2.00 bits per heavy atom. The van der Waals surface area contributed by atoms with Gasteiger partial charge >= 0.3 is 6.03 Å². The smallest absolute Gasteiger partial charge is 0.321 e. The zero-order valence-electron chi connectivity index (χ0n) is 11.9. The van der Waals surface area contributed by atoms with Crippen LogP contribution in [-0.2, 0) is 4.79 Å². The fourth-order valence-electron chi connectivity index (χ4n) is 2.75. The highest BCUT2D eigenvalue weighted by atomic mass is 16.2. The minimum absolute atomic E-state index is 0.0152. The van der Waals surface area contributed by atoms with Crippen LogP contribution in [0.4, 0.5) is 16.2 Å². The van der Waals surface area contributed by atoms with E-state index in [9.17, 15) is 9.59 Å². The van der Waals surface area contributed by atoms with Gasteiger partial charge in [0.25, 0.3) is 0 Å². The van der Waals surface area contributed by atoms with E-state index in [4.69, 9.17) is 0 Å². The highest BCUT2D eigenvalue weighted by Gasteiger charge is 2.22. The fourth-order valence-corrected chi connectivity index (χ4v) is 2.75. The van der Waals surface area contributed by atoms with Crippen molar-refractivity contribution in [3.05, 3.63) is 24.3 Å². The molecule has 6 nitrogen and oxygen atoms in total. The summed E-state index contributed by atoms with van der Waals surface area (Å²) >= 11 is 0. The molecule has 2 aliphatic rings. The van der Waals surface area contributed by atoms with E-state index < -0.39 is 0 Å². The summed E-state index contributed by atoms with van der Waals surface area (Å²) in [5.41, 5.74) is 1.61. The Morgan fingerprint density at radius 1 is 1.19 bits per heavy atom. The first-order valence-corrected chi connectivity index (χ1v) is 7.44. The number of carbonyl (C=O) groups is 2. The standard InChI is InChI=1S/C15H20N4O2/c20-14(13-3-1-2-8-16-13)18-11-4-6-12(7-5-11)19-10-9-17-15(19)21/h4-7,13,16H,1-3,8-10H2,(H,17,21)(H,18,20). The van der Waals surface area contributed by atoms with Crippen molar-refractivity contribution in [2.24, 2.45) is 0 Å². The lowest BCUT2D eigenvalue weighted by Crippen LogP contribution is -2.43. The van der Waals surface area contributed by atoms with E-state index >= 15 is 0 Å². The molecule has 0 spiro atoms. The molecule has 1 unspecified atom stereocenters. The summed E-state index contributed by atoms with van der Waals surface area (Å²) in [5.74, 6) is 0.0152. The summed E-state index contributed by atoms with van der Waals surface area (Å²) in [6.07, 6.45) is 3.11. The van der Waals surface area contributed by atoms with E-state index in [2.05, 4.69) is 16.0 Å². The van der Waals surface area contributed by atoms with E-state index in [0.29, 0.717) is 13.1 Å².